The third-order valence-corrected chi connectivity index (χ3v) is 2.91. The van der Waals surface area contributed by atoms with Crippen molar-refractivity contribution in [2.24, 2.45) is 11.8 Å². The van der Waals surface area contributed by atoms with Crippen LogP contribution >= 0.6 is 0 Å². The SMILES string of the molecule is CCC1CC1CNc1cccc(N)n1. The fourth-order valence-electron chi connectivity index (χ4n) is 1.85. The number of nitrogens with one attached hydrogen (secondary N) is 1. The smallest absolute Gasteiger partial charge is 0.128 e. The summed E-state index contributed by atoms with van der Waals surface area (Å²) in [6.45, 7) is 3.29. The molecule has 0 aliphatic heterocycles. The summed E-state index contributed by atoms with van der Waals surface area (Å²) in [6.07, 6.45) is 2.67. The van der Waals surface area contributed by atoms with Crippen LogP contribution in [-0.2, 0) is 0 Å². The van der Waals surface area contributed by atoms with Crippen LogP contribution in [0.25, 0.3) is 0 Å². The number of hydrogen-bond acceptors (Lipinski definition) is 3. The highest BCUT2D eigenvalue weighted by molar-refractivity contribution is 5.42. The summed E-state index contributed by atoms with van der Waals surface area (Å²) in [7, 11) is 0. The van der Waals surface area contributed by atoms with Crippen LogP contribution in [0.5, 0.6) is 0 Å². The fraction of sp³-hybridized carbons (Fsp3) is 0.545. The van der Waals surface area contributed by atoms with Crippen LogP contribution in [0, 0.1) is 11.8 Å². The van der Waals surface area contributed by atoms with E-state index in [4.69, 9.17) is 5.73 Å². The first-order valence-electron chi connectivity index (χ1n) is 5.26. The quantitative estimate of drug-likeness (QED) is 0.766. The predicted molar refractivity (Wildman–Crippen MR) is 59.0 cm³/mol. The van der Waals surface area contributed by atoms with E-state index in [1.165, 1.54) is 12.8 Å². The Labute approximate surface area is 84.7 Å². The van der Waals surface area contributed by atoms with Gasteiger partial charge < -0.3 is 11.1 Å². The average molecular weight is 191 g/mol. The van der Waals surface area contributed by atoms with Gasteiger partial charge in [-0.05, 0) is 30.4 Å². The molecule has 1 heterocycles. The van der Waals surface area contributed by atoms with Crippen molar-refractivity contribution >= 4 is 11.6 Å². The van der Waals surface area contributed by atoms with Crippen molar-refractivity contribution in [3.8, 4) is 0 Å². The Morgan fingerprint density at radius 3 is 3.00 bits per heavy atom. The van der Waals surface area contributed by atoms with Gasteiger partial charge in [0.1, 0.15) is 11.6 Å². The van der Waals surface area contributed by atoms with Crippen molar-refractivity contribution in [1.82, 2.24) is 4.98 Å². The molecule has 3 nitrogen and oxygen atoms in total. The molecule has 76 valence electrons. The lowest BCUT2D eigenvalue weighted by molar-refractivity contribution is 0.700. The number of nitrogens with zero attached hydrogens (tertiary/aromatic N) is 1. The predicted octanol–water partition coefficient (Wildman–Crippen LogP) is 2.12. The molecule has 0 saturated heterocycles. The first kappa shape index (κ1) is 9.31. The van der Waals surface area contributed by atoms with E-state index in [-0.39, 0.29) is 0 Å². The summed E-state index contributed by atoms with van der Waals surface area (Å²) in [6, 6.07) is 5.69. The minimum atomic E-state index is 0.581. The van der Waals surface area contributed by atoms with Crippen LogP contribution in [0.2, 0.25) is 0 Å². The standard InChI is InChI=1S/C11H17N3/c1-2-8-6-9(8)7-13-11-5-3-4-10(12)14-11/h3-5,8-9H,2,6-7H2,1H3,(H3,12,13,14). The molecule has 3 heteroatoms. The topological polar surface area (TPSA) is 50.9 Å². The van der Waals surface area contributed by atoms with E-state index in [0.717, 1.165) is 24.2 Å². The van der Waals surface area contributed by atoms with E-state index in [9.17, 15) is 0 Å². The molecule has 1 aliphatic carbocycles. The Morgan fingerprint density at radius 2 is 2.36 bits per heavy atom. The van der Waals surface area contributed by atoms with Gasteiger partial charge in [0.25, 0.3) is 0 Å². The summed E-state index contributed by atoms with van der Waals surface area (Å²) in [4.78, 5) is 4.19. The lowest BCUT2D eigenvalue weighted by atomic mass is 10.2. The molecule has 1 aromatic heterocycles. The van der Waals surface area contributed by atoms with Crippen LogP contribution in [0.4, 0.5) is 11.6 Å². The van der Waals surface area contributed by atoms with E-state index in [0.29, 0.717) is 5.82 Å². The Hall–Kier alpha value is -1.25. The lowest BCUT2D eigenvalue weighted by Crippen LogP contribution is -2.06. The maximum Gasteiger partial charge on any atom is 0.128 e. The van der Waals surface area contributed by atoms with Crippen molar-refractivity contribution < 1.29 is 0 Å². The molecule has 2 atom stereocenters. The van der Waals surface area contributed by atoms with Gasteiger partial charge >= 0.3 is 0 Å². The first-order valence-corrected chi connectivity index (χ1v) is 5.26. The molecule has 2 rings (SSSR count). The van der Waals surface area contributed by atoms with Gasteiger partial charge in [-0.15, -0.1) is 0 Å². The summed E-state index contributed by atoms with van der Waals surface area (Å²) in [5.74, 6) is 3.26. The van der Waals surface area contributed by atoms with Gasteiger partial charge in [0, 0.05) is 6.54 Å². The first-order chi connectivity index (χ1) is 6.79. The van der Waals surface area contributed by atoms with Crippen molar-refractivity contribution in [1.29, 1.82) is 0 Å². The van der Waals surface area contributed by atoms with E-state index in [1.807, 2.05) is 12.1 Å². The Balaban J connectivity index is 1.81. The number of anilines is 2. The van der Waals surface area contributed by atoms with Crippen molar-refractivity contribution in [3.05, 3.63) is 18.2 Å². The highest BCUT2D eigenvalue weighted by Gasteiger charge is 2.34. The van der Waals surface area contributed by atoms with E-state index in [2.05, 4.69) is 17.2 Å². The zero-order chi connectivity index (χ0) is 9.97. The monoisotopic (exact) mass is 191 g/mol. The molecule has 3 N–H and O–H groups in total. The molecule has 1 saturated carbocycles. The molecule has 2 unspecified atom stereocenters. The fourth-order valence-corrected chi connectivity index (χ4v) is 1.85. The van der Waals surface area contributed by atoms with Crippen LogP contribution in [0.1, 0.15) is 19.8 Å². The molecular formula is C11H17N3. The van der Waals surface area contributed by atoms with Gasteiger partial charge in [0.2, 0.25) is 0 Å². The highest BCUT2D eigenvalue weighted by atomic mass is 15.0. The maximum absolute atomic E-state index is 5.58. The molecule has 0 bridgehead atoms. The molecule has 0 spiro atoms. The summed E-state index contributed by atoms with van der Waals surface area (Å²) in [5.41, 5.74) is 5.58. The Morgan fingerprint density at radius 1 is 1.50 bits per heavy atom. The second-order valence-corrected chi connectivity index (χ2v) is 3.99. The summed E-state index contributed by atoms with van der Waals surface area (Å²) < 4.78 is 0. The minimum absolute atomic E-state index is 0.581. The third-order valence-electron chi connectivity index (χ3n) is 2.91. The minimum Gasteiger partial charge on any atom is -0.384 e. The second-order valence-electron chi connectivity index (χ2n) is 3.99. The van der Waals surface area contributed by atoms with Crippen LogP contribution in [-0.4, -0.2) is 11.5 Å². The van der Waals surface area contributed by atoms with Gasteiger partial charge in [0.15, 0.2) is 0 Å². The van der Waals surface area contributed by atoms with Crippen LogP contribution in [0.3, 0.4) is 0 Å². The molecule has 1 aliphatic rings. The van der Waals surface area contributed by atoms with E-state index in [1.54, 1.807) is 6.07 Å². The van der Waals surface area contributed by atoms with Crippen LogP contribution < -0.4 is 11.1 Å². The zero-order valence-electron chi connectivity index (χ0n) is 8.53. The number of nitrogens with two attached hydrogens (primary N) is 1. The van der Waals surface area contributed by atoms with Crippen molar-refractivity contribution in [2.75, 3.05) is 17.6 Å². The number of hydrogen-bond donors (Lipinski definition) is 2. The summed E-state index contributed by atoms with van der Waals surface area (Å²) >= 11 is 0. The number of rotatable bonds is 4. The second kappa shape index (κ2) is 3.86. The summed E-state index contributed by atoms with van der Waals surface area (Å²) in [5, 5.41) is 3.32. The van der Waals surface area contributed by atoms with Gasteiger partial charge in [-0.2, -0.15) is 0 Å². The van der Waals surface area contributed by atoms with Gasteiger partial charge in [-0.3, -0.25) is 0 Å². The highest BCUT2D eigenvalue weighted by Crippen LogP contribution is 2.40. The van der Waals surface area contributed by atoms with Crippen LogP contribution in [0.15, 0.2) is 18.2 Å². The molecule has 1 aromatic rings. The van der Waals surface area contributed by atoms with Gasteiger partial charge in [-0.25, -0.2) is 4.98 Å². The van der Waals surface area contributed by atoms with E-state index >= 15 is 0 Å². The largest absolute Gasteiger partial charge is 0.384 e. The number of aromatic nitrogens is 1. The van der Waals surface area contributed by atoms with Crippen molar-refractivity contribution in [2.45, 2.75) is 19.8 Å². The zero-order valence-corrected chi connectivity index (χ0v) is 8.53. The maximum atomic E-state index is 5.58. The third kappa shape index (κ3) is 2.16. The lowest BCUT2D eigenvalue weighted by Gasteiger charge is -2.04. The number of pyridine rings is 1. The normalized spacial score (nSPS) is 24.6. The Kier molecular flexibility index (Phi) is 2.57. The van der Waals surface area contributed by atoms with Gasteiger partial charge in [0.05, 0.1) is 0 Å². The molecule has 1 fully saturated rings. The van der Waals surface area contributed by atoms with Crippen molar-refractivity contribution in [3.63, 3.8) is 0 Å². The molecule has 0 aromatic carbocycles. The molecule has 0 radical (unpaired) electrons. The number of nitrogen functional groups attached to an aromatic ring is 1. The van der Waals surface area contributed by atoms with Gasteiger partial charge in [-0.1, -0.05) is 19.4 Å². The van der Waals surface area contributed by atoms with E-state index < -0.39 is 0 Å². The average Bonchev–Trinajstić information content (AvgIpc) is 2.93. The Bertz CT molecular complexity index is 311. The molecule has 0 amide bonds. The molecule has 14 heavy (non-hydrogen) atoms. The molecular weight excluding hydrogens is 174 g/mol.